The van der Waals surface area contributed by atoms with Gasteiger partial charge in [-0.1, -0.05) is 6.07 Å². The highest BCUT2D eigenvalue weighted by Gasteiger charge is 2.50. The third-order valence-corrected chi connectivity index (χ3v) is 10.7. The van der Waals surface area contributed by atoms with Crippen LogP contribution in [0, 0.1) is 23.2 Å². The first-order valence-corrected chi connectivity index (χ1v) is 14.9. The molecule has 0 aromatic carbocycles. The molecule has 1 aliphatic heterocycles. The van der Waals surface area contributed by atoms with E-state index in [9.17, 15) is 18.0 Å². The maximum atomic E-state index is 13.3. The lowest BCUT2D eigenvalue weighted by Crippen LogP contribution is -2.51. The number of hydrogen-bond donors (Lipinski definition) is 1. The Morgan fingerprint density at radius 2 is 1.69 bits per heavy atom. The van der Waals surface area contributed by atoms with Crippen LogP contribution < -0.4 is 5.32 Å². The van der Waals surface area contributed by atoms with Crippen LogP contribution in [0.1, 0.15) is 72.3 Å². The van der Waals surface area contributed by atoms with Gasteiger partial charge >= 0.3 is 0 Å². The summed E-state index contributed by atoms with van der Waals surface area (Å²) in [6, 6.07) is 5.37. The van der Waals surface area contributed by atoms with Gasteiger partial charge < -0.3 is 10.2 Å². The highest BCUT2D eigenvalue weighted by Crippen LogP contribution is 2.59. The van der Waals surface area contributed by atoms with E-state index < -0.39 is 15.1 Å². The van der Waals surface area contributed by atoms with E-state index in [0.717, 1.165) is 24.3 Å². The molecular weight excluding hydrogens is 464 g/mol. The maximum Gasteiger partial charge on any atom is 0.274 e. The van der Waals surface area contributed by atoms with Crippen molar-refractivity contribution >= 4 is 27.3 Å². The van der Waals surface area contributed by atoms with Gasteiger partial charge in [-0.25, -0.2) is 13.4 Å². The van der Waals surface area contributed by atoms with Gasteiger partial charge in [0.25, 0.3) is 11.8 Å². The molecule has 0 atom stereocenters. The molecule has 1 N–H and O–H groups in total. The second-order valence-corrected chi connectivity index (χ2v) is 14.0. The van der Waals surface area contributed by atoms with E-state index in [1.165, 1.54) is 44.8 Å². The summed E-state index contributed by atoms with van der Waals surface area (Å²) >= 11 is 0. The smallest absolute Gasteiger partial charge is 0.274 e. The summed E-state index contributed by atoms with van der Waals surface area (Å²) in [6.07, 6.45) is 11.6. The molecule has 4 aliphatic carbocycles. The first kappa shape index (κ1) is 23.0. The lowest BCUT2D eigenvalue weighted by molar-refractivity contribution is -0.0503. The second-order valence-electron chi connectivity index (χ2n) is 11.7. The fourth-order valence-corrected chi connectivity index (χ4v) is 8.88. The number of likely N-dealkylation sites (tertiary alicyclic amines) is 1. The van der Waals surface area contributed by atoms with Gasteiger partial charge in [0.2, 0.25) is 0 Å². The molecular formula is C26H34N4O4S. The van der Waals surface area contributed by atoms with Gasteiger partial charge in [0.15, 0.2) is 0 Å². The number of aromatic nitrogens is 2. The summed E-state index contributed by atoms with van der Waals surface area (Å²) < 4.78 is 25.4. The van der Waals surface area contributed by atoms with E-state index in [2.05, 4.69) is 10.3 Å². The van der Waals surface area contributed by atoms with E-state index in [1.54, 1.807) is 33.7 Å². The maximum absolute atomic E-state index is 13.3. The van der Waals surface area contributed by atoms with E-state index in [-0.39, 0.29) is 22.9 Å². The number of amides is 2. The fraction of sp³-hybridized carbons (Fsp3) is 0.654. The third kappa shape index (κ3) is 4.26. The Morgan fingerprint density at radius 3 is 2.29 bits per heavy atom. The van der Waals surface area contributed by atoms with Crippen LogP contribution >= 0.6 is 0 Å². The zero-order valence-electron chi connectivity index (χ0n) is 20.3. The molecule has 7 rings (SSSR count). The number of carbonyl (C=O) groups is 2. The van der Waals surface area contributed by atoms with Crippen LogP contribution in [-0.2, 0) is 9.84 Å². The molecule has 4 bridgehead atoms. The van der Waals surface area contributed by atoms with Gasteiger partial charge in [0.05, 0.1) is 5.25 Å². The molecule has 8 nitrogen and oxygen atoms in total. The summed E-state index contributed by atoms with van der Waals surface area (Å²) in [5.41, 5.74) is 1.58. The number of piperidine rings is 1. The third-order valence-electron chi connectivity index (χ3n) is 9.07. The van der Waals surface area contributed by atoms with Crippen LogP contribution in [0.3, 0.4) is 0 Å². The van der Waals surface area contributed by atoms with Gasteiger partial charge in [0.1, 0.15) is 26.9 Å². The number of carbonyl (C=O) groups excluding carboxylic acids is 2. The minimum Gasteiger partial charge on any atom is -0.350 e. The molecule has 2 amide bonds. The van der Waals surface area contributed by atoms with Crippen LogP contribution in [-0.4, -0.2) is 65.7 Å². The van der Waals surface area contributed by atoms with Crippen molar-refractivity contribution in [2.24, 2.45) is 23.2 Å². The van der Waals surface area contributed by atoms with E-state index in [0.29, 0.717) is 37.3 Å². The first-order valence-electron chi connectivity index (χ1n) is 12.9. The summed E-state index contributed by atoms with van der Waals surface area (Å²) in [5, 5.41) is 2.84. The molecule has 5 fully saturated rings. The molecule has 2 aromatic rings. The zero-order valence-corrected chi connectivity index (χ0v) is 21.1. The summed E-state index contributed by atoms with van der Waals surface area (Å²) in [5.74, 6) is 2.17. The Kier molecular flexibility index (Phi) is 5.47. The predicted molar refractivity (Wildman–Crippen MR) is 132 cm³/mol. The van der Waals surface area contributed by atoms with Gasteiger partial charge in [-0.2, -0.15) is 0 Å². The van der Waals surface area contributed by atoms with Crippen molar-refractivity contribution in [3.05, 3.63) is 35.8 Å². The van der Waals surface area contributed by atoms with Crippen molar-refractivity contribution in [1.82, 2.24) is 19.6 Å². The Hall–Kier alpha value is -2.42. The fourth-order valence-electron chi connectivity index (χ4n) is 7.81. The van der Waals surface area contributed by atoms with Gasteiger partial charge in [-0.05, 0) is 86.7 Å². The molecule has 0 unspecified atom stereocenters. The topological polar surface area (TPSA) is 101 Å². The Morgan fingerprint density at radius 1 is 1.06 bits per heavy atom. The molecule has 4 saturated carbocycles. The van der Waals surface area contributed by atoms with Gasteiger partial charge in [-0.15, -0.1) is 0 Å². The van der Waals surface area contributed by atoms with Gasteiger partial charge in [0, 0.05) is 32.1 Å². The molecule has 9 heteroatoms. The molecule has 3 heterocycles. The van der Waals surface area contributed by atoms with Crippen molar-refractivity contribution in [1.29, 1.82) is 0 Å². The van der Waals surface area contributed by atoms with Crippen molar-refractivity contribution in [2.45, 2.75) is 56.6 Å². The lowest BCUT2D eigenvalue weighted by atomic mass is 9.49. The molecule has 35 heavy (non-hydrogen) atoms. The van der Waals surface area contributed by atoms with Crippen LogP contribution in [0.4, 0.5) is 0 Å². The monoisotopic (exact) mass is 498 g/mol. The SMILES string of the molecule is CS(=O)(=O)C1CCN(C(=O)c2cn3c(C(=O)NCC45CC6CC(CC(C6)C4)C5)cccc3n2)CC1. The number of rotatable bonds is 5. The minimum atomic E-state index is -3.10. The Labute approximate surface area is 206 Å². The normalized spacial score (nSPS) is 30.7. The van der Waals surface area contributed by atoms with Crippen LogP contribution in [0.2, 0.25) is 0 Å². The Bertz CT molecular complexity index is 1240. The number of sulfone groups is 1. The van der Waals surface area contributed by atoms with Gasteiger partial charge in [-0.3, -0.25) is 14.0 Å². The van der Waals surface area contributed by atoms with Crippen LogP contribution in [0.15, 0.2) is 24.4 Å². The number of pyridine rings is 1. The van der Waals surface area contributed by atoms with E-state index >= 15 is 0 Å². The number of fused-ring (bicyclic) bond motifs is 1. The first-order chi connectivity index (χ1) is 16.7. The van der Waals surface area contributed by atoms with Crippen molar-refractivity contribution < 1.29 is 18.0 Å². The standard InChI is InChI=1S/C26H34N4O4S/c1-35(33,34)20-5-7-29(8-6-20)25(32)21-15-30-22(3-2-4-23(30)28-21)24(31)27-16-26-12-17-9-18(13-26)11-19(10-17)14-26/h2-4,15,17-20H,5-14,16H2,1H3,(H,27,31). The highest BCUT2D eigenvalue weighted by molar-refractivity contribution is 7.91. The predicted octanol–water partition coefficient (Wildman–Crippen LogP) is 2.93. The molecule has 0 spiro atoms. The summed E-state index contributed by atoms with van der Waals surface area (Å²) in [6.45, 7) is 1.51. The minimum absolute atomic E-state index is 0.128. The number of nitrogens with zero attached hydrogens (tertiary/aromatic N) is 3. The van der Waals surface area contributed by atoms with Crippen LogP contribution in [0.25, 0.3) is 5.65 Å². The van der Waals surface area contributed by atoms with Crippen LogP contribution in [0.5, 0.6) is 0 Å². The molecule has 2 aromatic heterocycles. The molecule has 5 aliphatic rings. The quantitative estimate of drug-likeness (QED) is 0.683. The molecule has 0 radical (unpaired) electrons. The van der Waals surface area contributed by atoms with Crippen molar-refractivity contribution in [2.75, 3.05) is 25.9 Å². The summed E-state index contributed by atoms with van der Waals surface area (Å²) in [4.78, 5) is 32.5. The average molecular weight is 499 g/mol. The molecule has 1 saturated heterocycles. The largest absolute Gasteiger partial charge is 0.350 e. The number of hydrogen-bond acceptors (Lipinski definition) is 5. The molecule has 188 valence electrons. The number of imidazole rings is 1. The average Bonchev–Trinajstić information content (AvgIpc) is 3.25. The van der Waals surface area contributed by atoms with E-state index in [4.69, 9.17) is 0 Å². The van der Waals surface area contributed by atoms with Crippen molar-refractivity contribution in [3.8, 4) is 0 Å². The van der Waals surface area contributed by atoms with Crippen molar-refractivity contribution in [3.63, 3.8) is 0 Å². The Balaban J connectivity index is 1.16. The highest BCUT2D eigenvalue weighted by atomic mass is 32.2. The lowest BCUT2D eigenvalue weighted by Gasteiger charge is -2.56. The second kappa shape index (κ2) is 8.32. The van der Waals surface area contributed by atoms with E-state index in [1.807, 2.05) is 0 Å². The zero-order chi connectivity index (χ0) is 24.4. The number of nitrogens with one attached hydrogen (secondary N) is 1. The summed E-state index contributed by atoms with van der Waals surface area (Å²) in [7, 11) is -3.10.